The lowest BCUT2D eigenvalue weighted by Crippen LogP contribution is -2.26. The van der Waals surface area contributed by atoms with Crippen molar-refractivity contribution in [2.75, 3.05) is 6.61 Å². The van der Waals surface area contributed by atoms with E-state index in [1.165, 1.54) is 11.5 Å². The summed E-state index contributed by atoms with van der Waals surface area (Å²) in [6.45, 7) is 5.77. The fourth-order valence-corrected chi connectivity index (χ4v) is 1.92. The Labute approximate surface area is 117 Å². The van der Waals surface area contributed by atoms with E-state index in [4.69, 9.17) is 4.74 Å². The fraction of sp³-hybridized carbons (Fsp3) is 0.400. The van der Waals surface area contributed by atoms with E-state index in [0.29, 0.717) is 23.3 Å². The van der Waals surface area contributed by atoms with Gasteiger partial charge in [0.2, 0.25) is 0 Å². The lowest BCUT2D eigenvalue weighted by Gasteiger charge is -2.12. The normalized spacial score (nSPS) is 12.3. The number of hydrogen-bond donors (Lipinski definition) is 0. The maximum absolute atomic E-state index is 12.4. The minimum Gasteiger partial charge on any atom is -0.492 e. The molecule has 20 heavy (non-hydrogen) atoms. The molecule has 2 heterocycles. The van der Waals surface area contributed by atoms with Gasteiger partial charge < -0.3 is 9.30 Å². The number of fused-ring (bicyclic) bond motifs is 1. The molecule has 0 saturated heterocycles. The highest BCUT2D eigenvalue weighted by Gasteiger charge is 2.13. The van der Waals surface area contributed by atoms with Gasteiger partial charge in [-0.2, -0.15) is 0 Å². The summed E-state index contributed by atoms with van der Waals surface area (Å²) < 4.78 is 6.92. The molecule has 0 unspecified atom stereocenters. The van der Waals surface area contributed by atoms with Crippen molar-refractivity contribution in [1.29, 1.82) is 0 Å². The average Bonchev–Trinajstić information content (AvgIpc) is 2.45. The third-order valence-corrected chi connectivity index (χ3v) is 3.23. The Morgan fingerprint density at radius 3 is 2.90 bits per heavy atom. The third-order valence-electron chi connectivity index (χ3n) is 3.23. The number of pyridine rings is 2. The van der Waals surface area contributed by atoms with Crippen molar-refractivity contribution in [2.24, 2.45) is 0 Å². The number of Topliss-reactive ketones (excluding diaryl/α,β-unsaturated/α-hetero) is 1. The van der Waals surface area contributed by atoms with Crippen molar-refractivity contribution in [3.05, 3.63) is 34.9 Å². The van der Waals surface area contributed by atoms with Gasteiger partial charge in [-0.15, -0.1) is 0 Å². The summed E-state index contributed by atoms with van der Waals surface area (Å²) in [7, 11) is 0. The van der Waals surface area contributed by atoms with Crippen LogP contribution in [0.25, 0.3) is 10.9 Å². The molecule has 106 valence electrons. The summed E-state index contributed by atoms with van der Waals surface area (Å²) >= 11 is 0. The minimum absolute atomic E-state index is 0.0576. The van der Waals surface area contributed by atoms with Gasteiger partial charge in [0.15, 0.2) is 5.78 Å². The topological polar surface area (TPSA) is 61.2 Å². The van der Waals surface area contributed by atoms with Gasteiger partial charge in [-0.3, -0.25) is 14.6 Å². The zero-order valence-electron chi connectivity index (χ0n) is 11.9. The number of carbonyl (C=O) groups excluding carboxylic acids is 1. The van der Waals surface area contributed by atoms with Crippen molar-refractivity contribution >= 4 is 16.7 Å². The van der Waals surface area contributed by atoms with Gasteiger partial charge in [-0.1, -0.05) is 6.92 Å². The molecule has 5 heteroatoms. The van der Waals surface area contributed by atoms with Gasteiger partial charge >= 0.3 is 0 Å². The summed E-state index contributed by atoms with van der Waals surface area (Å²) in [6, 6.07) is 2.94. The SMILES string of the molecule is CCCOc1cnc2ccn([C@H](C)C(C)=O)c(=O)c2c1. The Morgan fingerprint density at radius 1 is 1.50 bits per heavy atom. The Kier molecular flexibility index (Phi) is 4.17. The molecule has 0 fully saturated rings. The number of carbonyl (C=O) groups is 1. The van der Waals surface area contributed by atoms with Crippen LogP contribution in [0.15, 0.2) is 29.3 Å². The van der Waals surface area contributed by atoms with Crippen LogP contribution in [-0.2, 0) is 4.79 Å². The predicted molar refractivity (Wildman–Crippen MR) is 77.2 cm³/mol. The standard InChI is InChI=1S/C15H18N2O3/c1-4-7-20-12-8-13-14(16-9-12)5-6-17(15(13)19)10(2)11(3)18/h5-6,8-10H,4,7H2,1-3H3/t10-/m1/s1. The van der Waals surface area contributed by atoms with E-state index < -0.39 is 6.04 Å². The highest BCUT2D eigenvalue weighted by Crippen LogP contribution is 2.16. The molecule has 0 aliphatic heterocycles. The van der Waals surface area contributed by atoms with E-state index in [9.17, 15) is 9.59 Å². The van der Waals surface area contributed by atoms with E-state index in [1.54, 1.807) is 31.5 Å². The summed E-state index contributed by atoms with van der Waals surface area (Å²) in [5.41, 5.74) is 0.380. The van der Waals surface area contributed by atoms with Crippen molar-refractivity contribution in [1.82, 2.24) is 9.55 Å². The number of ether oxygens (including phenoxy) is 1. The van der Waals surface area contributed by atoms with E-state index in [0.717, 1.165) is 6.42 Å². The highest BCUT2D eigenvalue weighted by molar-refractivity contribution is 5.81. The Balaban J connectivity index is 2.52. The largest absolute Gasteiger partial charge is 0.492 e. The molecular weight excluding hydrogens is 256 g/mol. The second-order valence-corrected chi connectivity index (χ2v) is 4.77. The van der Waals surface area contributed by atoms with Crippen LogP contribution >= 0.6 is 0 Å². The molecular formula is C15H18N2O3. The Bertz CT molecular complexity index is 691. The molecule has 2 aromatic heterocycles. The molecule has 0 radical (unpaired) electrons. The Hall–Kier alpha value is -2.17. The van der Waals surface area contributed by atoms with Crippen LogP contribution in [0.5, 0.6) is 5.75 Å². The first-order valence-electron chi connectivity index (χ1n) is 6.68. The summed E-state index contributed by atoms with van der Waals surface area (Å²) in [4.78, 5) is 28.1. The van der Waals surface area contributed by atoms with Crippen molar-refractivity contribution in [2.45, 2.75) is 33.2 Å². The molecule has 2 aromatic rings. The zero-order chi connectivity index (χ0) is 14.7. The van der Waals surface area contributed by atoms with Crippen LogP contribution in [0.4, 0.5) is 0 Å². The van der Waals surface area contributed by atoms with Gasteiger partial charge in [0.1, 0.15) is 5.75 Å². The maximum atomic E-state index is 12.4. The molecule has 0 aliphatic rings. The fourth-order valence-electron chi connectivity index (χ4n) is 1.92. The lowest BCUT2D eigenvalue weighted by molar-refractivity contribution is -0.119. The molecule has 0 aliphatic carbocycles. The monoisotopic (exact) mass is 274 g/mol. The van der Waals surface area contributed by atoms with Crippen LogP contribution in [0.2, 0.25) is 0 Å². The van der Waals surface area contributed by atoms with E-state index in [-0.39, 0.29) is 11.3 Å². The second-order valence-electron chi connectivity index (χ2n) is 4.77. The molecule has 2 rings (SSSR count). The van der Waals surface area contributed by atoms with Crippen LogP contribution in [0.3, 0.4) is 0 Å². The van der Waals surface area contributed by atoms with Gasteiger partial charge in [0, 0.05) is 6.20 Å². The average molecular weight is 274 g/mol. The molecule has 0 saturated carbocycles. The van der Waals surface area contributed by atoms with Crippen LogP contribution < -0.4 is 10.3 Å². The number of aromatic nitrogens is 2. The number of ketones is 1. The van der Waals surface area contributed by atoms with Gasteiger partial charge in [-0.05, 0) is 32.4 Å². The highest BCUT2D eigenvalue weighted by atomic mass is 16.5. The first-order chi connectivity index (χ1) is 9.54. The molecule has 0 spiro atoms. The lowest BCUT2D eigenvalue weighted by atomic mass is 10.2. The smallest absolute Gasteiger partial charge is 0.260 e. The number of rotatable bonds is 5. The number of nitrogens with zero attached hydrogens (tertiary/aromatic N) is 2. The zero-order valence-corrected chi connectivity index (χ0v) is 11.9. The molecule has 0 aromatic carbocycles. The van der Waals surface area contributed by atoms with E-state index in [2.05, 4.69) is 4.98 Å². The molecule has 0 amide bonds. The third kappa shape index (κ3) is 2.71. The Morgan fingerprint density at radius 2 is 2.25 bits per heavy atom. The van der Waals surface area contributed by atoms with E-state index >= 15 is 0 Å². The van der Waals surface area contributed by atoms with Crippen molar-refractivity contribution in [3.8, 4) is 5.75 Å². The minimum atomic E-state index is -0.480. The van der Waals surface area contributed by atoms with Crippen molar-refractivity contribution < 1.29 is 9.53 Å². The second kappa shape index (κ2) is 5.86. The molecule has 1 atom stereocenters. The molecule has 0 N–H and O–H groups in total. The maximum Gasteiger partial charge on any atom is 0.260 e. The molecule has 0 bridgehead atoms. The first kappa shape index (κ1) is 14.2. The van der Waals surface area contributed by atoms with Crippen LogP contribution in [0.1, 0.15) is 33.2 Å². The van der Waals surface area contributed by atoms with E-state index in [1.807, 2.05) is 6.92 Å². The van der Waals surface area contributed by atoms with Gasteiger partial charge in [-0.25, -0.2) is 0 Å². The quantitative estimate of drug-likeness (QED) is 0.839. The predicted octanol–water partition coefficient (Wildman–Crippen LogP) is 2.34. The first-order valence-corrected chi connectivity index (χ1v) is 6.68. The van der Waals surface area contributed by atoms with Crippen LogP contribution in [0, 0.1) is 0 Å². The van der Waals surface area contributed by atoms with Gasteiger partial charge in [0.05, 0.1) is 29.7 Å². The van der Waals surface area contributed by atoms with Crippen molar-refractivity contribution in [3.63, 3.8) is 0 Å². The summed E-state index contributed by atoms with van der Waals surface area (Å²) in [6.07, 6.45) is 4.10. The number of hydrogen-bond acceptors (Lipinski definition) is 4. The molecule has 5 nitrogen and oxygen atoms in total. The van der Waals surface area contributed by atoms with Crippen LogP contribution in [-0.4, -0.2) is 21.9 Å². The summed E-state index contributed by atoms with van der Waals surface area (Å²) in [5.74, 6) is 0.516. The summed E-state index contributed by atoms with van der Waals surface area (Å²) in [5, 5.41) is 0.467. The van der Waals surface area contributed by atoms with Gasteiger partial charge in [0.25, 0.3) is 5.56 Å².